The third-order valence-electron chi connectivity index (χ3n) is 9.21. The van der Waals surface area contributed by atoms with Crippen LogP contribution in [0.4, 0.5) is 34.8 Å². The first-order valence-electron chi connectivity index (χ1n) is 16.3. The molecular weight excluding hydrogens is 642 g/mol. The fraction of sp³-hybridized carbons (Fsp3) is 0. The Morgan fingerprint density at radius 2 is 0.980 bits per heavy atom. The zero-order valence-corrected chi connectivity index (χ0v) is 26.6. The van der Waals surface area contributed by atoms with Gasteiger partial charge >= 0.3 is 0 Å². The molecule has 0 saturated heterocycles. The molecule has 0 atom stereocenters. The van der Waals surface area contributed by atoms with Gasteiger partial charge in [0.05, 0.1) is 29.3 Å². The first-order valence-corrected chi connectivity index (χ1v) is 16.3. The van der Waals surface area contributed by atoms with Gasteiger partial charge in [0.15, 0.2) is 11.4 Å². The van der Waals surface area contributed by atoms with Crippen molar-refractivity contribution in [1.82, 2.24) is 15.2 Å². The molecule has 7 heterocycles. The fourth-order valence-corrected chi connectivity index (χ4v) is 6.90. The number of pyridine rings is 1. The number of rotatable bonds is 6. The Bertz CT molecular complexity index is 2860. The molecule has 0 unspecified atom stereocenters. The molecule has 0 amide bonds. The average molecular weight is 666 g/mol. The zero-order valence-electron chi connectivity index (χ0n) is 26.6. The number of benzene rings is 4. The molecule has 0 fully saturated rings. The minimum absolute atomic E-state index is 0.406. The van der Waals surface area contributed by atoms with Gasteiger partial charge in [-0.2, -0.15) is 4.98 Å². The van der Waals surface area contributed by atoms with Gasteiger partial charge in [-0.15, -0.1) is 10.2 Å². The highest BCUT2D eigenvalue weighted by atomic mass is 16.4. The van der Waals surface area contributed by atoms with E-state index in [2.05, 4.69) is 28.4 Å². The van der Waals surface area contributed by atoms with Gasteiger partial charge in [-0.3, -0.25) is 9.80 Å². The van der Waals surface area contributed by atoms with E-state index in [0.29, 0.717) is 40.2 Å². The maximum Gasteiger partial charge on any atom is 0.231 e. The second kappa shape index (κ2) is 10.6. The van der Waals surface area contributed by atoms with Crippen LogP contribution in [0.2, 0.25) is 0 Å². The standard InChI is InChI=1S/C41H23N5O5/c1-3-9-31-26(7-1)28-15-13-24(21-33(28)49-31)45(38-11-5-19-47-38)36-18-17-30-40-35(51-41(30)42-36)23-37(43-44-40)46(39-12-6-20-48-39)25-14-16-29-27-8-2-4-10-32(27)50-34(29)22-25/h1-23H. The van der Waals surface area contributed by atoms with Crippen molar-refractivity contribution in [2.45, 2.75) is 0 Å². The lowest BCUT2D eigenvalue weighted by Crippen LogP contribution is -2.11. The van der Waals surface area contributed by atoms with Crippen molar-refractivity contribution >= 4 is 101 Å². The molecule has 0 N–H and O–H groups in total. The van der Waals surface area contributed by atoms with Crippen LogP contribution in [0.1, 0.15) is 0 Å². The number of nitrogens with zero attached hydrogens (tertiary/aromatic N) is 5. The molecule has 11 rings (SSSR count). The largest absolute Gasteiger partial charge is 0.456 e. The molecule has 7 aromatic heterocycles. The lowest BCUT2D eigenvalue weighted by Gasteiger charge is -2.20. The maximum atomic E-state index is 6.40. The molecule has 4 aromatic carbocycles. The Hall–Kier alpha value is -7.33. The molecule has 242 valence electrons. The summed E-state index contributed by atoms with van der Waals surface area (Å²) in [5.41, 5.74) is 6.29. The molecular formula is C41H23N5O5. The van der Waals surface area contributed by atoms with Crippen LogP contribution in [0.5, 0.6) is 0 Å². The van der Waals surface area contributed by atoms with E-state index in [4.69, 9.17) is 27.1 Å². The highest BCUT2D eigenvalue weighted by molar-refractivity contribution is 6.07. The van der Waals surface area contributed by atoms with Gasteiger partial charge < -0.3 is 22.1 Å². The molecule has 11 aromatic rings. The fourth-order valence-electron chi connectivity index (χ4n) is 6.90. The molecule has 10 heteroatoms. The van der Waals surface area contributed by atoms with Crippen molar-refractivity contribution < 1.29 is 22.1 Å². The number of hydrogen-bond acceptors (Lipinski definition) is 10. The highest BCUT2D eigenvalue weighted by Crippen LogP contribution is 2.41. The summed E-state index contributed by atoms with van der Waals surface area (Å²) >= 11 is 0. The van der Waals surface area contributed by atoms with Crippen molar-refractivity contribution in [2.24, 2.45) is 0 Å². The Kier molecular flexibility index (Phi) is 5.73. The summed E-state index contributed by atoms with van der Waals surface area (Å²) < 4.78 is 30.6. The Morgan fingerprint density at radius 1 is 0.412 bits per heavy atom. The van der Waals surface area contributed by atoms with Crippen molar-refractivity contribution in [1.29, 1.82) is 0 Å². The molecule has 0 aliphatic carbocycles. The van der Waals surface area contributed by atoms with E-state index in [1.165, 1.54) is 0 Å². The molecule has 0 aliphatic rings. The average Bonchev–Trinajstić information content (AvgIpc) is 4.01. The predicted octanol–water partition coefficient (Wildman–Crippen LogP) is 11.7. The highest BCUT2D eigenvalue weighted by Gasteiger charge is 2.23. The zero-order chi connectivity index (χ0) is 33.5. The molecule has 0 saturated carbocycles. The number of para-hydroxylation sites is 2. The van der Waals surface area contributed by atoms with Crippen molar-refractivity contribution in [2.75, 3.05) is 9.80 Å². The smallest absolute Gasteiger partial charge is 0.231 e. The Balaban J connectivity index is 1.02. The Labute approximate surface area is 287 Å². The van der Waals surface area contributed by atoms with Gasteiger partial charge in [-0.05, 0) is 60.7 Å². The number of anilines is 6. The summed E-state index contributed by atoms with van der Waals surface area (Å²) in [6.07, 6.45) is 3.26. The van der Waals surface area contributed by atoms with E-state index in [-0.39, 0.29) is 0 Å². The number of aromatic nitrogens is 3. The van der Waals surface area contributed by atoms with E-state index in [1.54, 1.807) is 12.5 Å². The van der Waals surface area contributed by atoms with E-state index in [0.717, 1.165) is 60.6 Å². The van der Waals surface area contributed by atoms with Crippen molar-refractivity contribution in [3.8, 4) is 0 Å². The molecule has 0 radical (unpaired) electrons. The molecule has 51 heavy (non-hydrogen) atoms. The van der Waals surface area contributed by atoms with E-state index < -0.39 is 0 Å². The van der Waals surface area contributed by atoms with Crippen LogP contribution in [0.25, 0.3) is 66.1 Å². The van der Waals surface area contributed by atoms with Crippen LogP contribution in [-0.2, 0) is 0 Å². The monoisotopic (exact) mass is 665 g/mol. The van der Waals surface area contributed by atoms with Gasteiger partial charge in [-0.25, -0.2) is 0 Å². The van der Waals surface area contributed by atoms with Gasteiger partial charge in [0, 0.05) is 51.9 Å². The first kappa shape index (κ1) is 27.6. The normalized spacial score (nSPS) is 11.9. The number of fused-ring (bicyclic) bond motifs is 9. The third kappa shape index (κ3) is 4.26. The second-order valence-corrected chi connectivity index (χ2v) is 12.2. The van der Waals surface area contributed by atoms with E-state index in [1.807, 2.05) is 119 Å². The summed E-state index contributed by atoms with van der Waals surface area (Å²) in [6, 6.07) is 41.2. The van der Waals surface area contributed by atoms with E-state index >= 15 is 0 Å². The van der Waals surface area contributed by atoms with Crippen LogP contribution >= 0.6 is 0 Å². The van der Waals surface area contributed by atoms with Crippen molar-refractivity contribution in [3.63, 3.8) is 0 Å². The van der Waals surface area contributed by atoms with Crippen LogP contribution < -0.4 is 9.80 Å². The van der Waals surface area contributed by atoms with Gasteiger partial charge in [-0.1, -0.05) is 36.4 Å². The van der Waals surface area contributed by atoms with Crippen LogP contribution in [0.3, 0.4) is 0 Å². The third-order valence-corrected chi connectivity index (χ3v) is 9.21. The maximum absolute atomic E-state index is 6.40. The molecule has 0 aliphatic heterocycles. The summed E-state index contributed by atoms with van der Waals surface area (Å²) in [5.74, 6) is 2.25. The number of furan rings is 5. The Morgan fingerprint density at radius 3 is 1.59 bits per heavy atom. The lowest BCUT2D eigenvalue weighted by atomic mass is 10.1. The van der Waals surface area contributed by atoms with Crippen LogP contribution in [0.15, 0.2) is 162 Å². The van der Waals surface area contributed by atoms with Crippen LogP contribution in [0, 0.1) is 0 Å². The summed E-state index contributed by atoms with van der Waals surface area (Å²) in [5, 5.41) is 14.2. The lowest BCUT2D eigenvalue weighted by molar-refractivity contribution is 0.572. The molecule has 0 bridgehead atoms. The minimum Gasteiger partial charge on any atom is -0.456 e. The molecule has 0 spiro atoms. The summed E-state index contributed by atoms with van der Waals surface area (Å²) in [4.78, 5) is 8.75. The first-order chi connectivity index (χ1) is 25.2. The number of hydrogen-bond donors (Lipinski definition) is 0. The summed E-state index contributed by atoms with van der Waals surface area (Å²) in [6.45, 7) is 0. The van der Waals surface area contributed by atoms with Gasteiger partial charge in [0.1, 0.15) is 33.7 Å². The van der Waals surface area contributed by atoms with Crippen LogP contribution in [-0.4, -0.2) is 15.2 Å². The second-order valence-electron chi connectivity index (χ2n) is 12.2. The van der Waals surface area contributed by atoms with E-state index in [9.17, 15) is 0 Å². The topological polar surface area (TPSA) is 111 Å². The van der Waals surface area contributed by atoms with Gasteiger partial charge in [0.2, 0.25) is 17.5 Å². The van der Waals surface area contributed by atoms with Gasteiger partial charge in [0.25, 0.3) is 0 Å². The predicted molar refractivity (Wildman–Crippen MR) is 196 cm³/mol. The minimum atomic E-state index is 0.406. The molecule has 10 nitrogen and oxygen atoms in total. The quantitative estimate of drug-likeness (QED) is 0.170. The summed E-state index contributed by atoms with van der Waals surface area (Å²) in [7, 11) is 0. The van der Waals surface area contributed by atoms with Crippen molar-refractivity contribution in [3.05, 3.63) is 140 Å². The SMILES string of the molecule is c1coc(N(c2ccc3c(c2)oc2ccccc23)c2cc3oc4nc(N(c5ccc6c(c5)oc5ccccc56)c5ccco5)ccc4c3nn2)c1.